The lowest BCUT2D eigenvalue weighted by atomic mass is 10.0. The second kappa shape index (κ2) is 8.74. The first-order valence-corrected chi connectivity index (χ1v) is 9.93. The molecule has 1 N–H and O–H groups in total. The van der Waals surface area contributed by atoms with Crippen molar-refractivity contribution in [2.45, 2.75) is 6.42 Å². The lowest BCUT2D eigenvalue weighted by Gasteiger charge is -2.37. The highest BCUT2D eigenvalue weighted by atomic mass is 15.4. The van der Waals surface area contributed by atoms with E-state index in [1.165, 1.54) is 16.3 Å². The van der Waals surface area contributed by atoms with E-state index in [1.54, 1.807) is 0 Å². The number of anilines is 1. The van der Waals surface area contributed by atoms with Crippen molar-refractivity contribution >= 4 is 22.5 Å². The van der Waals surface area contributed by atoms with Crippen LogP contribution < -0.4 is 10.2 Å². The normalized spacial score (nSPS) is 15.1. The van der Waals surface area contributed by atoms with Crippen LogP contribution in [0.2, 0.25) is 0 Å². The van der Waals surface area contributed by atoms with Gasteiger partial charge in [-0.1, -0.05) is 48.5 Å². The maximum Gasteiger partial charge on any atom is 0.193 e. The third kappa shape index (κ3) is 4.09. The molecule has 1 saturated heterocycles. The molecule has 5 heteroatoms. The number of fused-ring (bicyclic) bond motifs is 1. The van der Waals surface area contributed by atoms with Crippen molar-refractivity contribution in [2.75, 3.05) is 44.7 Å². The number of hydrogen-bond acceptors (Lipinski definition) is 3. The number of guanidine groups is 1. The van der Waals surface area contributed by atoms with Crippen molar-refractivity contribution in [1.29, 1.82) is 0 Å². The summed E-state index contributed by atoms with van der Waals surface area (Å²) in [6.45, 7) is 4.69. The van der Waals surface area contributed by atoms with Gasteiger partial charge in [0.15, 0.2) is 5.96 Å². The number of aliphatic imine (C=N–C) groups is 1. The van der Waals surface area contributed by atoms with Crippen molar-refractivity contribution in [3.05, 3.63) is 72.4 Å². The first kappa shape index (κ1) is 18.3. The molecular formula is C23H27N5. The van der Waals surface area contributed by atoms with Gasteiger partial charge in [0, 0.05) is 46.0 Å². The van der Waals surface area contributed by atoms with Crippen molar-refractivity contribution < 1.29 is 0 Å². The maximum absolute atomic E-state index is 4.50. The molecule has 1 aliphatic heterocycles. The molecule has 0 bridgehead atoms. The van der Waals surface area contributed by atoms with Crippen LogP contribution in [0.15, 0.2) is 71.9 Å². The smallest absolute Gasteiger partial charge is 0.193 e. The molecule has 28 heavy (non-hydrogen) atoms. The van der Waals surface area contributed by atoms with Crippen molar-refractivity contribution in [3.8, 4) is 0 Å². The van der Waals surface area contributed by atoms with Gasteiger partial charge >= 0.3 is 0 Å². The van der Waals surface area contributed by atoms with E-state index in [2.05, 4.69) is 73.6 Å². The number of nitrogens with zero attached hydrogens (tertiary/aromatic N) is 4. The lowest BCUT2D eigenvalue weighted by molar-refractivity contribution is 0.372. The summed E-state index contributed by atoms with van der Waals surface area (Å²) in [5, 5.41) is 6.19. The summed E-state index contributed by atoms with van der Waals surface area (Å²) >= 11 is 0. The monoisotopic (exact) mass is 373 g/mol. The van der Waals surface area contributed by atoms with Crippen molar-refractivity contribution in [2.24, 2.45) is 4.99 Å². The fraction of sp³-hybridized carbons (Fsp3) is 0.304. The second-order valence-electron chi connectivity index (χ2n) is 7.02. The average Bonchev–Trinajstić information content (AvgIpc) is 2.78. The lowest BCUT2D eigenvalue weighted by Crippen LogP contribution is -2.53. The Labute approximate surface area is 166 Å². The zero-order valence-corrected chi connectivity index (χ0v) is 16.4. The largest absolute Gasteiger partial charge is 0.356 e. The number of nitrogens with one attached hydrogen (secondary N) is 1. The third-order valence-corrected chi connectivity index (χ3v) is 5.32. The number of hydrogen-bond donors (Lipinski definition) is 1. The van der Waals surface area contributed by atoms with Gasteiger partial charge in [-0.15, -0.1) is 0 Å². The molecule has 0 atom stereocenters. The minimum Gasteiger partial charge on any atom is -0.356 e. The Balaban J connectivity index is 1.32. The summed E-state index contributed by atoms with van der Waals surface area (Å²) in [4.78, 5) is 13.6. The van der Waals surface area contributed by atoms with Crippen LogP contribution in [0.5, 0.6) is 0 Å². The van der Waals surface area contributed by atoms with E-state index >= 15 is 0 Å². The van der Waals surface area contributed by atoms with Crippen LogP contribution >= 0.6 is 0 Å². The Hall–Kier alpha value is -3.08. The third-order valence-electron chi connectivity index (χ3n) is 5.32. The molecule has 2 heterocycles. The van der Waals surface area contributed by atoms with Crippen LogP contribution in [-0.2, 0) is 6.42 Å². The summed E-state index contributed by atoms with van der Waals surface area (Å²) in [5.74, 6) is 2.04. The second-order valence-corrected chi connectivity index (χ2v) is 7.02. The van der Waals surface area contributed by atoms with Gasteiger partial charge in [-0.05, 0) is 34.9 Å². The Morgan fingerprint density at radius 2 is 1.75 bits per heavy atom. The minimum atomic E-state index is 0.876. The van der Waals surface area contributed by atoms with Gasteiger partial charge in [0.1, 0.15) is 5.82 Å². The molecule has 5 nitrogen and oxygen atoms in total. The van der Waals surface area contributed by atoms with Gasteiger partial charge in [0.25, 0.3) is 0 Å². The van der Waals surface area contributed by atoms with Crippen LogP contribution in [0, 0.1) is 0 Å². The zero-order valence-electron chi connectivity index (χ0n) is 16.4. The molecule has 0 saturated carbocycles. The molecule has 3 aromatic rings. The van der Waals surface area contributed by atoms with Gasteiger partial charge in [-0.25, -0.2) is 4.98 Å². The first-order chi connectivity index (χ1) is 13.8. The van der Waals surface area contributed by atoms with Crippen LogP contribution in [0.25, 0.3) is 10.8 Å². The van der Waals surface area contributed by atoms with E-state index in [0.29, 0.717) is 0 Å². The van der Waals surface area contributed by atoms with Crippen LogP contribution in [-0.4, -0.2) is 55.6 Å². The Morgan fingerprint density at radius 3 is 2.54 bits per heavy atom. The van der Waals surface area contributed by atoms with Crippen molar-refractivity contribution in [3.63, 3.8) is 0 Å². The molecule has 1 fully saturated rings. The van der Waals surface area contributed by atoms with E-state index in [-0.39, 0.29) is 0 Å². The summed E-state index contributed by atoms with van der Waals surface area (Å²) in [6.07, 6.45) is 2.84. The summed E-state index contributed by atoms with van der Waals surface area (Å²) in [5.41, 5.74) is 1.38. The fourth-order valence-corrected chi connectivity index (χ4v) is 3.84. The van der Waals surface area contributed by atoms with Gasteiger partial charge in [-0.2, -0.15) is 0 Å². The molecule has 0 spiro atoms. The molecular weight excluding hydrogens is 346 g/mol. The topological polar surface area (TPSA) is 43.8 Å². The highest BCUT2D eigenvalue weighted by Gasteiger charge is 2.20. The number of pyridine rings is 1. The maximum atomic E-state index is 4.50. The molecule has 2 aromatic carbocycles. The minimum absolute atomic E-state index is 0.876. The van der Waals surface area contributed by atoms with Crippen LogP contribution in [0.4, 0.5) is 5.82 Å². The molecule has 0 radical (unpaired) electrons. The van der Waals surface area contributed by atoms with Crippen molar-refractivity contribution in [1.82, 2.24) is 15.2 Å². The number of rotatable bonds is 4. The predicted molar refractivity (Wildman–Crippen MR) is 117 cm³/mol. The predicted octanol–water partition coefficient (Wildman–Crippen LogP) is 3.17. The SMILES string of the molecule is CN=C(NCCc1cccc2ccccc12)N1CCN(c2ccccn2)CC1. The van der Waals surface area contributed by atoms with Crippen LogP contribution in [0.1, 0.15) is 5.56 Å². The zero-order chi connectivity index (χ0) is 19.2. The van der Waals surface area contributed by atoms with E-state index in [1.807, 2.05) is 25.4 Å². The van der Waals surface area contributed by atoms with E-state index in [4.69, 9.17) is 0 Å². The first-order valence-electron chi connectivity index (χ1n) is 9.93. The molecule has 0 aliphatic carbocycles. The molecule has 1 aromatic heterocycles. The highest BCUT2D eigenvalue weighted by molar-refractivity contribution is 5.85. The Morgan fingerprint density at radius 1 is 0.964 bits per heavy atom. The number of aromatic nitrogens is 1. The van der Waals surface area contributed by atoms with Crippen LogP contribution in [0.3, 0.4) is 0 Å². The molecule has 0 unspecified atom stereocenters. The Bertz CT molecular complexity index is 925. The Kier molecular flexibility index (Phi) is 5.71. The average molecular weight is 374 g/mol. The fourth-order valence-electron chi connectivity index (χ4n) is 3.84. The quantitative estimate of drug-likeness (QED) is 0.564. The summed E-state index contributed by atoms with van der Waals surface area (Å²) < 4.78 is 0. The number of piperazine rings is 1. The molecule has 0 amide bonds. The molecule has 144 valence electrons. The van der Waals surface area contributed by atoms with Gasteiger partial charge < -0.3 is 15.1 Å². The van der Waals surface area contributed by atoms with E-state index in [0.717, 1.165) is 50.9 Å². The van der Waals surface area contributed by atoms with E-state index < -0.39 is 0 Å². The van der Waals surface area contributed by atoms with Gasteiger partial charge in [0.05, 0.1) is 0 Å². The molecule has 1 aliphatic rings. The highest BCUT2D eigenvalue weighted by Crippen LogP contribution is 2.18. The standard InChI is InChI=1S/C23H27N5/c1-24-23(28-17-15-27(16-18-28)22-11-4-5-13-25-22)26-14-12-20-9-6-8-19-7-2-3-10-21(19)20/h2-11,13H,12,14-18H2,1H3,(H,24,26). The van der Waals surface area contributed by atoms with Gasteiger partial charge in [0.2, 0.25) is 0 Å². The molecule has 4 rings (SSSR count). The number of benzene rings is 2. The summed E-state index contributed by atoms with van der Waals surface area (Å²) in [7, 11) is 1.87. The van der Waals surface area contributed by atoms with E-state index in [9.17, 15) is 0 Å². The van der Waals surface area contributed by atoms with Gasteiger partial charge in [-0.3, -0.25) is 4.99 Å². The summed E-state index contributed by atoms with van der Waals surface area (Å²) in [6, 6.07) is 21.2.